The van der Waals surface area contributed by atoms with Crippen LogP contribution in [0.2, 0.25) is 0 Å². The molecule has 0 fully saturated rings. The molecule has 25 heavy (non-hydrogen) atoms. The quantitative estimate of drug-likeness (QED) is 0.469. The van der Waals surface area contributed by atoms with Crippen molar-refractivity contribution in [2.45, 2.75) is 26.4 Å². The van der Waals surface area contributed by atoms with Gasteiger partial charge in [-0.05, 0) is 35.7 Å². The van der Waals surface area contributed by atoms with Crippen molar-refractivity contribution in [3.63, 3.8) is 0 Å². The zero-order chi connectivity index (χ0) is 17.8. The minimum Gasteiger partial charge on any atom is -0.487 e. The number of nitro benzene ring substituents is 1. The Morgan fingerprint density at radius 3 is 2.60 bits per heavy atom. The van der Waals surface area contributed by atoms with Gasteiger partial charge in [0.2, 0.25) is 0 Å². The highest BCUT2D eigenvalue weighted by molar-refractivity contribution is 5.59. The van der Waals surface area contributed by atoms with E-state index in [1.807, 2.05) is 18.2 Å². The van der Waals surface area contributed by atoms with Crippen molar-refractivity contribution in [2.75, 3.05) is 0 Å². The van der Waals surface area contributed by atoms with Gasteiger partial charge in [0, 0.05) is 23.8 Å². The van der Waals surface area contributed by atoms with Gasteiger partial charge >= 0.3 is 0 Å². The van der Waals surface area contributed by atoms with E-state index in [1.54, 1.807) is 18.2 Å². The molecule has 0 aliphatic carbocycles. The normalized spacial score (nSPS) is 10.8. The SMILES string of the molecule is CC(C)c1cccc(OCc2cc(-c3ccc([N+](=O)[O-])cc3)on2)c1. The van der Waals surface area contributed by atoms with E-state index in [2.05, 4.69) is 25.1 Å². The Morgan fingerprint density at radius 1 is 1.16 bits per heavy atom. The fourth-order valence-electron chi connectivity index (χ4n) is 2.38. The maximum absolute atomic E-state index is 10.7. The van der Waals surface area contributed by atoms with Crippen molar-refractivity contribution in [1.82, 2.24) is 5.16 Å². The topological polar surface area (TPSA) is 78.4 Å². The number of non-ortho nitro benzene ring substituents is 1. The van der Waals surface area contributed by atoms with Gasteiger partial charge < -0.3 is 9.26 Å². The molecule has 0 spiro atoms. The number of hydrogen-bond acceptors (Lipinski definition) is 5. The first-order chi connectivity index (χ1) is 12.0. The van der Waals surface area contributed by atoms with Gasteiger partial charge in [-0.2, -0.15) is 0 Å². The average Bonchev–Trinajstić information content (AvgIpc) is 3.09. The molecule has 128 valence electrons. The summed E-state index contributed by atoms with van der Waals surface area (Å²) in [7, 11) is 0. The number of rotatable bonds is 6. The summed E-state index contributed by atoms with van der Waals surface area (Å²) in [5.74, 6) is 1.76. The second-order valence-electron chi connectivity index (χ2n) is 6.00. The Kier molecular flexibility index (Phi) is 4.79. The summed E-state index contributed by atoms with van der Waals surface area (Å²) in [6.07, 6.45) is 0. The zero-order valence-corrected chi connectivity index (χ0v) is 14.0. The van der Waals surface area contributed by atoms with Crippen LogP contribution < -0.4 is 4.74 Å². The molecule has 2 aromatic carbocycles. The second kappa shape index (κ2) is 7.17. The van der Waals surface area contributed by atoms with Crippen LogP contribution in [-0.4, -0.2) is 10.1 Å². The maximum Gasteiger partial charge on any atom is 0.269 e. The standard InChI is InChI=1S/C19H18N2O4/c1-13(2)15-4-3-5-18(10-15)24-12-16-11-19(25-20-16)14-6-8-17(9-7-14)21(22)23/h3-11,13H,12H2,1-2H3. The van der Waals surface area contributed by atoms with Crippen LogP contribution in [0.5, 0.6) is 5.75 Å². The van der Waals surface area contributed by atoms with Crippen LogP contribution in [0, 0.1) is 10.1 Å². The first-order valence-electron chi connectivity index (χ1n) is 7.96. The number of hydrogen-bond donors (Lipinski definition) is 0. The van der Waals surface area contributed by atoms with Gasteiger partial charge in [0.05, 0.1) is 4.92 Å². The molecule has 6 nitrogen and oxygen atoms in total. The summed E-state index contributed by atoms with van der Waals surface area (Å²) in [6.45, 7) is 4.55. The predicted molar refractivity (Wildman–Crippen MR) is 93.5 cm³/mol. The monoisotopic (exact) mass is 338 g/mol. The summed E-state index contributed by atoms with van der Waals surface area (Å²) in [6, 6.07) is 15.9. The maximum atomic E-state index is 10.7. The summed E-state index contributed by atoms with van der Waals surface area (Å²) < 4.78 is 11.1. The highest BCUT2D eigenvalue weighted by atomic mass is 16.6. The molecule has 3 rings (SSSR count). The number of nitrogens with zero attached hydrogens (tertiary/aromatic N) is 2. The molecular weight excluding hydrogens is 320 g/mol. The Bertz CT molecular complexity index is 869. The highest BCUT2D eigenvalue weighted by Gasteiger charge is 2.10. The van der Waals surface area contributed by atoms with Gasteiger partial charge in [-0.1, -0.05) is 31.1 Å². The zero-order valence-electron chi connectivity index (χ0n) is 14.0. The van der Waals surface area contributed by atoms with Crippen LogP contribution in [0.1, 0.15) is 31.0 Å². The number of aromatic nitrogens is 1. The lowest BCUT2D eigenvalue weighted by Crippen LogP contribution is -1.96. The average molecular weight is 338 g/mol. The van der Waals surface area contributed by atoms with Gasteiger partial charge in [0.1, 0.15) is 18.1 Å². The number of benzene rings is 2. The molecule has 0 bridgehead atoms. The van der Waals surface area contributed by atoms with Crippen LogP contribution in [0.3, 0.4) is 0 Å². The van der Waals surface area contributed by atoms with E-state index in [9.17, 15) is 10.1 Å². The lowest BCUT2D eigenvalue weighted by atomic mass is 10.0. The third-order valence-electron chi connectivity index (χ3n) is 3.83. The molecule has 1 aromatic heterocycles. The molecule has 0 amide bonds. The van der Waals surface area contributed by atoms with E-state index in [0.717, 1.165) is 11.3 Å². The van der Waals surface area contributed by atoms with Gasteiger partial charge in [0.25, 0.3) is 5.69 Å². The van der Waals surface area contributed by atoms with Crippen molar-refractivity contribution in [3.05, 3.63) is 76.0 Å². The molecule has 0 radical (unpaired) electrons. The lowest BCUT2D eigenvalue weighted by Gasteiger charge is -2.08. The minimum atomic E-state index is -0.436. The number of ether oxygens (including phenoxy) is 1. The summed E-state index contributed by atoms with van der Waals surface area (Å²) in [4.78, 5) is 10.3. The molecule has 0 saturated carbocycles. The van der Waals surface area contributed by atoms with Crippen LogP contribution in [0.4, 0.5) is 5.69 Å². The Morgan fingerprint density at radius 2 is 1.92 bits per heavy atom. The van der Waals surface area contributed by atoms with E-state index in [1.165, 1.54) is 17.7 Å². The number of nitro groups is 1. The van der Waals surface area contributed by atoms with E-state index in [4.69, 9.17) is 9.26 Å². The molecule has 1 heterocycles. The molecule has 0 aliphatic rings. The van der Waals surface area contributed by atoms with Gasteiger partial charge in [-0.3, -0.25) is 10.1 Å². The third kappa shape index (κ3) is 4.03. The second-order valence-corrected chi connectivity index (χ2v) is 6.00. The van der Waals surface area contributed by atoms with E-state index < -0.39 is 4.92 Å². The fourth-order valence-corrected chi connectivity index (χ4v) is 2.38. The fraction of sp³-hybridized carbons (Fsp3) is 0.211. The molecule has 0 saturated heterocycles. The molecule has 0 aliphatic heterocycles. The first kappa shape index (κ1) is 16.7. The Balaban J connectivity index is 1.67. The largest absolute Gasteiger partial charge is 0.487 e. The minimum absolute atomic E-state index is 0.0388. The van der Waals surface area contributed by atoms with E-state index in [-0.39, 0.29) is 12.3 Å². The first-order valence-corrected chi connectivity index (χ1v) is 7.96. The lowest BCUT2D eigenvalue weighted by molar-refractivity contribution is -0.384. The van der Waals surface area contributed by atoms with Crippen LogP contribution in [-0.2, 0) is 6.61 Å². The van der Waals surface area contributed by atoms with Crippen molar-refractivity contribution in [3.8, 4) is 17.1 Å². The van der Waals surface area contributed by atoms with Gasteiger partial charge in [0.15, 0.2) is 5.76 Å². The van der Waals surface area contributed by atoms with Gasteiger partial charge in [-0.25, -0.2) is 0 Å². The van der Waals surface area contributed by atoms with Crippen molar-refractivity contribution >= 4 is 5.69 Å². The van der Waals surface area contributed by atoms with Crippen LogP contribution in [0.15, 0.2) is 59.1 Å². The molecule has 6 heteroatoms. The van der Waals surface area contributed by atoms with Gasteiger partial charge in [-0.15, -0.1) is 0 Å². The van der Waals surface area contributed by atoms with Crippen molar-refractivity contribution in [2.24, 2.45) is 0 Å². The van der Waals surface area contributed by atoms with Crippen LogP contribution >= 0.6 is 0 Å². The van der Waals surface area contributed by atoms with Crippen molar-refractivity contribution in [1.29, 1.82) is 0 Å². The third-order valence-corrected chi connectivity index (χ3v) is 3.83. The van der Waals surface area contributed by atoms with Crippen molar-refractivity contribution < 1.29 is 14.2 Å². The molecule has 3 aromatic rings. The van der Waals surface area contributed by atoms with Crippen LogP contribution in [0.25, 0.3) is 11.3 Å². The summed E-state index contributed by atoms with van der Waals surface area (Å²) in [5, 5.41) is 14.7. The van der Waals surface area contributed by atoms with E-state index >= 15 is 0 Å². The predicted octanol–water partition coefficient (Wildman–Crippen LogP) is 4.95. The smallest absolute Gasteiger partial charge is 0.269 e. The molecule has 0 atom stereocenters. The molecular formula is C19H18N2O4. The molecule has 0 N–H and O–H groups in total. The Labute approximate surface area is 145 Å². The molecule has 0 unspecified atom stereocenters. The summed E-state index contributed by atoms with van der Waals surface area (Å²) in [5.41, 5.74) is 2.63. The van der Waals surface area contributed by atoms with E-state index in [0.29, 0.717) is 17.4 Å². The summed E-state index contributed by atoms with van der Waals surface area (Å²) >= 11 is 0. The highest BCUT2D eigenvalue weighted by Crippen LogP contribution is 2.24. The Hall–Kier alpha value is -3.15.